The molecule has 0 amide bonds. The number of allylic oxidation sites excluding steroid dienone is 1. The van der Waals surface area contributed by atoms with Gasteiger partial charge in [-0.3, -0.25) is 4.79 Å². The molecule has 0 unspecified atom stereocenters. The van der Waals surface area contributed by atoms with Crippen LogP contribution < -0.4 is 0 Å². The van der Waals surface area contributed by atoms with Gasteiger partial charge in [0, 0.05) is 5.92 Å². The van der Waals surface area contributed by atoms with Gasteiger partial charge in [0.15, 0.2) is 18.9 Å². The molecule has 76 heavy (non-hydrogen) atoms. The van der Waals surface area contributed by atoms with Gasteiger partial charge < -0.3 is 109 Å². The summed E-state index contributed by atoms with van der Waals surface area (Å²) in [7, 11) is 0. The molecule has 0 spiro atoms. The highest BCUT2D eigenvalue weighted by molar-refractivity contribution is 5.79. The first-order valence-electron chi connectivity index (χ1n) is 27.4. The Labute approximate surface area is 442 Å². The van der Waals surface area contributed by atoms with Crippen molar-refractivity contribution in [2.24, 2.45) is 50.2 Å². The largest absolute Gasteiger partial charge is 0.432 e. The molecule has 436 valence electrons. The topological polar surface area (TPSA) is 374 Å². The summed E-state index contributed by atoms with van der Waals surface area (Å²) >= 11 is 0. The summed E-state index contributed by atoms with van der Waals surface area (Å²) in [4.78, 5) is 14.8. The molecule has 0 radical (unpaired) electrons. The average molecular weight is 1090 g/mol. The molecule has 0 bridgehead atoms. The highest BCUT2D eigenvalue weighted by Crippen LogP contribution is 2.76. The predicted molar refractivity (Wildman–Crippen MR) is 258 cm³/mol. The van der Waals surface area contributed by atoms with Crippen LogP contribution in [0, 0.1) is 50.2 Å². The van der Waals surface area contributed by atoms with E-state index in [-0.39, 0.29) is 22.7 Å². The van der Waals surface area contributed by atoms with Gasteiger partial charge in [0.1, 0.15) is 91.6 Å². The number of esters is 1. The lowest BCUT2D eigenvalue weighted by Crippen LogP contribution is -2.68. The standard InChI is InChI=1S/C53H86O23/c1-48(2)14-16-53(47(68)76-45-39(66)36(63)33(60)26(20-56)72-45)17-15-51(6)22(30(53)42(48)67)8-9-28-50(5)12-11-29(49(3,4)27(50)10-13-52(28,51)7)73-46-41(75-44-38(65)35(62)32(59)25(19-55)71-44)40(23(57)21-69-46)74-43-37(64)34(61)31(58)24(18-54)70-43/h8,23-46,54-67H,9-21H2,1-7H3/t23-,24+,25+,26+,27-,28+,29-,30+,31+,32+,33+,34-,35-,36-,37+,38+,39+,40-,41+,42-,43-,44-,45-,46+,50-,51+,52+,53-/m0/s1. The lowest BCUT2D eigenvalue weighted by atomic mass is 9.33. The molecular formula is C53H86O23. The van der Waals surface area contributed by atoms with E-state index >= 15 is 0 Å². The van der Waals surface area contributed by atoms with Gasteiger partial charge in [-0.25, -0.2) is 0 Å². The van der Waals surface area contributed by atoms with Crippen molar-refractivity contribution in [3.63, 3.8) is 0 Å². The van der Waals surface area contributed by atoms with E-state index < -0.39 is 189 Å². The van der Waals surface area contributed by atoms with Crippen molar-refractivity contribution in [2.75, 3.05) is 26.4 Å². The first-order chi connectivity index (χ1) is 35.6. The average Bonchev–Trinajstić information content (AvgIpc) is 3.42. The monoisotopic (exact) mass is 1090 g/mol. The third-order valence-electron chi connectivity index (χ3n) is 21.2. The highest BCUT2D eigenvalue weighted by atomic mass is 16.8. The van der Waals surface area contributed by atoms with E-state index in [9.17, 15) is 76.3 Å². The third-order valence-corrected chi connectivity index (χ3v) is 21.2. The third kappa shape index (κ3) is 9.27. The zero-order chi connectivity index (χ0) is 55.6. The molecule has 28 atom stereocenters. The van der Waals surface area contributed by atoms with Gasteiger partial charge >= 0.3 is 5.97 Å². The van der Waals surface area contributed by atoms with E-state index in [2.05, 4.69) is 40.7 Å². The summed E-state index contributed by atoms with van der Waals surface area (Å²) in [5.41, 5.74) is -2.47. The van der Waals surface area contributed by atoms with Gasteiger partial charge in [-0.05, 0) is 96.7 Å². The lowest BCUT2D eigenvalue weighted by molar-refractivity contribution is -0.389. The molecule has 0 aromatic heterocycles. The van der Waals surface area contributed by atoms with Crippen molar-refractivity contribution in [1.82, 2.24) is 0 Å². The summed E-state index contributed by atoms with van der Waals surface area (Å²) in [5.74, 6) is -1.16. The molecule has 8 fully saturated rings. The van der Waals surface area contributed by atoms with Gasteiger partial charge in [-0.1, -0.05) is 60.1 Å². The van der Waals surface area contributed by atoms with Crippen molar-refractivity contribution < 1.29 is 114 Å². The lowest BCUT2D eigenvalue weighted by Gasteiger charge is -2.71. The maximum Gasteiger partial charge on any atom is 0.315 e. The number of carbonyl (C=O) groups is 1. The Kier molecular flexibility index (Phi) is 16.5. The molecule has 4 aliphatic heterocycles. The van der Waals surface area contributed by atoms with Crippen LogP contribution in [0.1, 0.15) is 106 Å². The second-order valence-corrected chi connectivity index (χ2v) is 25.8. The summed E-state index contributed by atoms with van der Waals surface area (Å²) in [6.07, 6.45) is -25.3. The Bertz CT molecular complexity index is 2090. The summed E-state index contributed by atoms with van der Waals surface area (Å²) in [6.45, 7) is 12.6. The molecular weight excluding hydrogens is 1000 g/mol. The number of aliphatic hydroxyl groups excluding tert-OH is 14. The van der Waals surface area contributed by atoms with Crippen LogP contribution in [0.4, 0.5) is 0 Å². The number of hydrogen-bond acceptors (Lipinski definition) is 23. The minimum absolute atomic E-state index is 0.0472. The molecule has 23 heteroatoms. The predicted octanol–water partition coefficient (Wildman–Crippen LogP) is -2.43. The minimum Gasteiger partial charge on any atom is -0.432 e. The summed E-state index contributed by atoms with van der Waals surface area (Å²) in [5, 5.41) is 150. The van der Waals surface area contributed by atoms with Crippen LogP contribution in [0.3, 0.4) is 0 Å². The van der Waals surface area contributed by atoms with Gasteiger partial charge in [-0.2, -0.15) is 0 Å². The Morgan fingerprint density at radius 1 is 0.566 bits per heavy atom. The number of aliphatic hydroxyl groups is 14. The van der Waals surface area contributed by atoms with Gasteiger partial charge in [0.25, 0.3) is 0 Å². The number of rotatable bonds is 11. The van der Waals surface area contributed by atoms with E-state index in [1.165, 1.54) is 0 Å². The Morgan fingerprint density at radius 3 is 1.63 bits per heavy atom. The molecule has 23 nitrogen and oxygen atoms in total. The van der Waals surface area contributed by atoms with E-state index in [1.807, 2.05) is 13.8 Å². The zero-order valence-electron chi connectivity index (χ0n) is 44.6. The van der Waals surface area contributed by atoms with E-state index in [0.29, 0.717) is 44.9 Å². The van der Waals surface area contributed by atoms with Crippen molar-refractivity contribution in [3.8, 4) is 0 Å². The van der Waals surface area contributed by atoms with Crippen LogP contribution in [0.15, 0.2) is 11.6 Å². The van der Waals surface area contributed by atoms with Crippen molar-refractivity contribution in [3.05, 3.63) is 11.6 Å². The van der Waals surface area contributed by atoms with E-state index in [0.717, 1.165) is 18.4 Å². The van der Waals surface area contributed by atoms with Crippen molar-refractivity contribution in [2.45, 2.75) is 235 Å². The smallest absolute Gasteiger partial charge is 0.315 e. The fourth-order valence-corrected chi connectivity index (χ4v) is 16.2. The maximum absolute atomic E-state index is 14.8. The number of carbonyl (C=O) groups excluding carboxylic acids is 1. The first-order valence-corrected chi connectivity index (χ1v) is 27.4. The Hall–Kier alpha value is -1.63. The molecule has 9 rings (SSSR count). The van der Waals surface area contributed by atoms with Crippen LogP contribution in [0.25, 0.3) is 0 Å². The molecule has 0 aromatic rings. The molecule has 14 N–H and O–H groups in total. The van der Waals surface area contributed by atoms with Crippen molar-refractivity contribution in [1.29, 1.82) is 0 Å². The van der Waals surface area contributed by atoms with Crippen LogP contribution >= 0.6 is 0 Å². The van der Waals surface area contributed by atoms with Crippen molar-refractivity contribution >= 4 is 5.97 Å². The molecule has 0 aromatic carbocycles. The Morgan fingerprint density at radius 2 is 1.08 bits per heavy atom. The number of ether oxygens (including phenoxy) is 8. The maximum atomic E-state index is 14.8. The van der Waals surface area contributed by atoms with Crippen LogP contribution in [0.2, 0.25) is 0 Å². The quantitative estimate of drug-likeness (QED) is 0.0581. The van der Waals surface area contributed by atoms with E-state index in [1.54, 1.807) is 0 Å². The van der Waals surface area contributed by atoms with Crippen LogP contribution in [-0.4, -0.2) is 233 Å². The second kappa shape index (κ2) is 21.3. The normalized spacial score (nSPS) is 54.0. The van der Waals surface area contributed by atoms with E-state index in [4.69, 9.17) is 37.9 Å². The van der Waals surface area contributed by atoms with Gasteiger partial charge in [0.2, 0.25) is 6.29 Å². The second-order valence-electron chi connectivity index (χ2n) is 25.8. The van der Waals surface area contributed by atoms with Gasteiger partial charge in [0.05, 0.1) is 44.1 Å². The summed E-state index contributed by atoms with van der Waals surface area (Å²) < 4.78 is 48.6. The molecule has 4 saturated heterocycles. The zero-order valence-corrected chi connectivity index (χ0v) is 44.6. The van der Waals surface area contributed by atoms with Crippen LogP contribution in [-0.2, 0) is 42.7 Å². The van der Waals surface area contributed by atoms with Crippen LogP contribution in [0.5, 0.6) is 0 Å². The minimum atomic E-state index is -1.89. The molecule has 4 heterocycles. The SMILES string of the molecule is CC1(C)CC[C@]2(C(=O)O[C@@H]3O[C@H](CO)[C@@H](O)[C@H](O)[C@H]3O)CC[C@]3(C)C(=CC[C@@H]4[C@@]5(C)CC[C@H](O[C@H]6OC[C@H](O)[C@H](O[C@@H]7O[C@H](CO)[C@@H](O)[C@H](O)[C@H]7O)[C@H]6O[C@@H]6O[C@H](CO)[C@@H](O)[C@H](O)[C@H]6O)C(C)(C)[C@@H]5CC[C@]43C)[C@@H]2[C@@H]1O. The Balaban J connectivity index is 0.986. The highest BCUT2D eigenvalue weighted by Gasteiger charge is 2.71. The number of fused-ring (bicyclic) bond motifs is 7. The fraction of sp³-hybridized carbons (Fsp3) is 0.943. The van der Waals surface area contributed by atoms with Gasteiger partial charge in [-0.15, -0.1) is 0 Å². The number of hydrogen-bond donors (Lipinski definition) is 14. The fourth-order valence-electron chi connectivity index (χ4n) is 16.2. The summed E-state index contributed by atoms with van der Waals surface area (Å²) in [6, 6.07) is 0. The molecule has 4 saturated carbocycles. The molecule has 9 aliphatic rings. The molecule has 5 aliphatic carbocycles. The first kappa shape index (κ1) is 59.0.